The highest BCUT2D eigenvalue weighted by molar-refractivity contribution is 5.80. The molecule has 0 radical (unpaired) electrons. The van der Waals surface area contributed by atoms with Crippen molar-refractivity contribution in [1.29, 1.82) is 0 Å². The number of anilines is 1. The van der Waals surface area contributed by atoms with Crippen molar-refractivity contribution >= 4 is 16.7 Å². The Bertz CT molecular complexity index is 746. The van der Waals surface area contributed by atoms with Gasteiger partial charge >= 0.3 is 5.63 Å². The highest BCUT2D eigenvalue weighted by Gasteiger charge is 2.43. The average molecular weight is 323 g/mol. The number of ether oxygens (including phenoxy) is 1. The van der Waals surface area contributed by atoms with Crippen molar-refractivity contribution in [2.24, 2.45) is 0 Å². The van der Waals surface area contributed by atoms with Crippen LogP contribution in [0.3, 0.4) is 0 Å². The second-order valence-corrected chi connectivity index (χ2v) is 5.41. The van der Waals surface area contributed by atoms with Crippen molar-refractivity contribution in [3.05, 3.63) is 40.8 Å². The lowest BCUT2D eigenvalue weighted by molar-refractivity contribution is -0.245. The molecule has 0 saturated carbocycles. The van der Waals surface area contributed by atoms with E-state index < -0.39 is 42.9 Å². The predicted octanol–water partition coefficient (Wildman–Crippen LogP) is -0.995. The second-order valence-electron chi connectivity index (χ2n) is 5.41. The first-order valence-electron chi connectivity index (χ1n) is 7.10. The minimum Gasteiger partial charge on any atom is -0.423 e. The lowest BCUT2D eigenvalue weighted by atomic mass is 9.97. The third-order valence-electron chi connectivity index (χ3n) is 3.86. The molecule has 1 saturated heterocycles. The average Bonchev–Trinajstić information content (AvgIpc) is 2.54. The van der Waals surface area contributed by atoms with E-state index in [9.17, 15) is 20.1 Å². The molecule has 23 heavy (non-hydrogen) atoms. The first-order chi connectivity index (χ1) is 11.0. The second kappa shape index (κ2) is 6.26. The summed E-state index contributed by atoms with van der Waals surface area (Å²) in [5.74, 6) is 0. The lowest BCUT2D eigenvalue weighted by Crippen LogP contribution is -2.61. The summed E-state index contributed by atoms with van der Waals surface area (Å²) in [7, 11) is 0. The Morgan fingerprint density at radius 1 is 1.09 bits per heavy atom. The largest absolute Gasteiger partial charge is 0.423 e. The molecule has 0 aliphatic carbocycles. The zero-order valence-electron chi connectivity index (χ0n) is 12.0. The van der Waals surface area contributed by atoms with Crippen LogP contribution in [0.5, 0.6) is 0 Å². The van der Waals surface area contributed by atoms with Crippen molar-refractivity contribution in [2.45, 2.75) is 30.6 Å². The van der Waals surface area contributed by atoms with Crippen LogP contribution in [0.25, 0.3) is 11.0 Å². The summed E-state index contributed by atoms with van der Waals surface area (Å²) in [4.78, 5) is 11.3. The van der Waals surface area contributed by atoms with Gasteiger partial charge in [-0.05, 0) is 18.2 Å². The minimum absolute atomic E-state index is 0.344. The van der Waals surface area contributed by atoms with Crippen molar-refractivity contribution in [3.8, 4) is 0 Å². The van der Waals surface area contributed by atoms with E-state index in [-0.39, 0.29) is 0 Å². The molecule has 0 bridgehead atoms. The van der Waals surface area contributed by atoms with Crippen LogP contribution in [0.15, 0.2) is 39.5 Å². The summed E-state index contributed by atoms with van der Waals surface area (Å²) >= 11 is 0. The minimum atomic E-state index is -1.43. The number of hydrogen-bond acceptors (Lipinski definition) is 8. The predicted molar refractivity (Wildman–Crippen MR) is 79.9 cm³/mol. The molecule has 1 aromatic heterocycles. The zero-order chi connectivity index (χ0) is 16.6. The molecular formula is C15H17NO7. The monoisotopic (exact) mass is 323 g/mol. The van der Waals surface area contributed by atoms with Crippen LogP contribution in [0, 0.1) is 0 Å². The van der Waals surface area contributed by atoms with Gasteiger partial charge in [-0.25, -0.2) is 4.79 Å². The number of benzene rings is 1. The molecule has 0 amide bonds. The fourth-order valence-electron chi connectivity index (χ4n) is 2.60. The maximum absolute atomic E-state index is 11.3. The van der Waals surface area contributed by atoms with E-state index in [1.165, 1.54) is 6.07 Å². The van der Waals surface area contributed by atoms with E-state index in [2.05, 4.69) is 5.32 Å². The molecule has 0 spiro atoms. The van der Waals surface area contributed by atoms with Gasteiger partial charge in [0.15, 0.2) is 6.29 Å². The molecule has 2 aromatic rings. The topological polar surface area (TPSA) is 132 Å². The van der Waals surface area contributed by atoms with Gasteiger partial charge in [-0.1, -0.05) is 0 Å². The van der Waals surface area contributed by atoms with Crippen molar-refractivity contribution in [1.82, 2.24) is 0 Å². The first-order valence-corrected chi connectivity index (χ1v) is 7.10. The van der Waals surface area contributed by atoms with Gasteiger partial charge < -0.3 is 34.9 Å². The molecular weight excluding hydrogens is 306 g/mol. The van der Waals surface area contributed by atoms with Gasteiger partial charge in [0.2, 0.25) is 0 Å². The van der Waals surface area contributed by atoms with E-state index in [1.807, 2.05) is 0 Å². The number of aliphatic hydroxyl groups excluding tert-OH is 4. The molecule has 124 valence electrons. The number of fused-ring (bicyclic) bond motifs is 1. The van der Waals surface area contributed by atoms with Gasteiger partial charge in [0.1, 0.15) is 29.9 Å². The zero-order valence-corrected chi connectivity index (χ0v) is 12.0. The third kappa shape index (κ3) is 3.07. The van der Waals surface area contributed by atoms with Gasteiger partial charge in [0.25, 0.3) is 0 Å². The Morgan fingerprint density at radius 3 is 2.57 bits per heavy atom. The van der Waals surface area contributed by atoms with E-state index in [1.54, 1.807) is 24.3 Å². The Labute approximate surface area is 130 Å². The van der Waals surface area contributed by atoms with Crippen LogP contribution in [0.4, 0.5) is 5.69 Å². The van der Waals surface area contributed by atoms with Crippen LogP contribution in [-0.2, 0) is 4.74 Å². The number of aliphatic hydroxyl groups is 4. The molecule has 8 nitrogen and oxygen atoms in total. The summed E-state index contributed by atoms with van der Waals surface area (Å²) in [6.45, 7) is -0.525. The highest BCUT2D eigenvalue weighted by Crippen LogP contribution is 2.24. The maximum Gasteiger partial charge on any atom is 0.336 e. The van der Waals surface area contributed by atoms with Crippen molar-refractivity contribution < 1.29 is 29.6 Å². The van der Waals surface area contributed by atoms with Gasteiger partial charge in [-0.3, -0.25) is 0 Å². The van der Waals surface area contributed by atoms with Crippen LogP contribution < -0.4 is 10.9 Å². The van der Waals surface area contributed by atoms with Crippen LogP contribution >= 0.6 is 0 Å². The standard InChI is InChI=1S/C15H17NO7/c17-6-10-13(19)14(20)12(15(21)23-10)16-8-3-1-7-2-4-11(18)22-9(7)5-8/h1-5,10,12-17,19-21H,6H2/t10?,12?,13-,14-,15-/m1/s1. The molecule has 1 aromatic carbocycles. The Kier molecular flexibility index (Phi) is 4.33. The molecule has 3 rings (SSSR count). The molecule has 2 heterocycles. The van der Waals surface area contributed by atoms with E-state index in [0.717, 1.165) is 5.39 Å². The summed E-state index contributed by atoms with van der Waals surface area (Å²) in [5, 5.41) is 42.5. The van der Waals surface area contributed by atoms with E-state index in [0.29, 0.717) is 11.3 Å². The Hall–Kier alpha value is -1.97. The third-order valence-corrected chi connectivity index (χ3v) is 3.86. The van der Waals surface area contributed by atoms with Crippen LogP contribution in [0.2, 0.25) is 0 Å². The summed E-state index contributed by atoms with van der Waals surface area (Å²) in [5.41, 5.74) is 0.321. The van der Waals surface area contributed by atoms with Crippen LogP contribution in [-0.4, -0.2) is 57.7 Å². The van der Waals surface area contributed by atoms with Gasteiger partial charge in [0, 0.05) is 23.2 Å². The van der Waals surface area contributed by atoms with Crippen molar-refractivity contribution in [3.63, 3.8) is 0 Å². The SMILES string of the molecule is O=c1ccc2ccc(NC3[C@H](O)OC(CO)[C@@H](O)[C@@H]3O)cc2o1. The first kappa shape index (κ1) is 15.9. The number of nitrogens with one attached hydrogen (secondary N) is 1. The van der Waals surface area contributed by atoms with Gasteiger partial charge in [0.05, 0.1) is 6.61 Å². The van der Waals surface area contributed by atoms with E-state index >= 15 is 0 Å². The fourth-order valence-corrected chi connectivity index (χ4v) is 2.60. The normalized spacial score (nSPS) is 31.2. The summed E-state index contributed by atoms with van der Waals surface area (Å²) in [6.07, 6.45) is -5.19. The maximum atomic E-state index is 11.3. The molecule has 8 heteroatoms. The highest BCUT2D eigenvalue weighted by atomic mass is 16.6. The molecule has 1 aliphatic rings. The summed E-state index contributed by atoms with van der Waals surface area (Å²) in [6, 6.07) is 6.83. The summed E-state index contributed by atoms with van der Waals surface area (Å²) < 4.78 is 10.1. The van der Waals surface area contributed by atoms with Crippen LogP contribution in [0.1, 0.15) is 0 Å². The Morgan fingerprint density at radius 2 is 1.83 bits per heavy atom. The smallest absolute Gasteiger partial charge is 0.336 e. The van der Waals surface area contributed by atoms with Gasteiger partial charge in [-0.15, -0.1) is 0 Å². The number of rotatable bonds is 3. The quantitative estimate of drug-likeness (QED) is 0.455. The molecule has 2 unspecified atom stereocenters. The lowest BCUT2D eigenvalue weighted by Gasteiger charge is -2.40. The molecule has 5 N–H and O–H groups in total. The molecule has 1 fully saturated rings. The Balaban J connectivity index is 1.84. The van der Waals surface area contributed by atoms with Crippen molar-refractivity contribution in [2.75, 3.05) is 11.9 Å². The molecule has 1 aliphatic heterocycles. The fraction of sp³-hybridized carbons (Fsp3) is 0.400. The van der Waals surface area contributed by atoms with Gasteiger partial charge in [-0.2, -0.15) is 0 Å². The van der Waals surface area contributed by atoms with E-state index in [4.69, 9.17) is 14.3 Å². The molecule has 5 atom stereocenters. The number of hydrogen-bond donors (Lipinski definition) is 5.